The highest BCUT2D eigenvalue weighted by molar-refractivity contribution is 9.10. The molecule has 0 spiro atoms. The lowest BCUT2D eigenvalue weighted by Gasteiger charge is -2.34. The van der Waals surface area contributed by atoms with Crippen molar-refractivity contribution < 1.29 is 13.2 Å². The van der Waals surface area contributed by atoms with Gasteiger partial charge in [0.1, 0.15) is 6.54 Å². The number of rotatable bonds is 2. The zero-order chi connectivity index (χ0) is 20.9. The fraction of sp³-hybridized carbons (Fsp3) is 0.174. The molecule has 2 aliphatic rings. The highest BCUT2D eigenvalue weighted by Gasteiger charge is 2.37. The molecule has 2 heterocycles. The second-order valence-corrected chi connectivity index (χ2v) is 10.2. The zero-order valence-electron chi connectivity index (χ0n) is 16.1. The molecule has 30 heavy (non-hydrogen) atoms. The van der Waals surface area contributed by atoms with Gasteiger partial charge in [0.05, 0.1) is 10.6 Å². The number of carbonyl (C=O) groups is 1. The van der Waals surface area contributed by atoms with Gasteiger partial charge in [0, 0.05) is 28.7 Å². The third-order valence-electron chi connectivity index (χ3n) is 5.73. The number of anilines is 1. The van der Waals surface area contributed by atoms with Crippen LogP contribution >= 0.6 is 15.9 Å². The lowest BCUT2D eigenvalue weighted by Crippen LogP contribution is -2.45. The summed E-state index contributed by atoms with van der Waals surface area (Å²) >= 11 is 3.48. The summed E-state index contributed by atoms with van der Waals surface area (Å²) in [4.78, 5) is 15.1. The third-order valence-corrected chi connectivity index (χ3v) is 8.05. The van der Waals surface area contributed by atoms with E-state index in [0.717, 1.165) is 22.0 Å². The Morgan fingerprint density at radius 3 is 2.50 bits per heavy atom. The van der Waals surface area contributed by atoms with Crippen LogP contribution in [0, 0.1) is 0 Å². The topological polar surface area (TPSA) is 57.7 Å². The molecule has 7 heteroatoms. The SMILES string of the molecule is O=C(CN1c2ccc(Br)cc2-c2ccccc2S1(=O)=O)N1CCc2ccccc2C1. The first-order chi connectivity index (χ1) is 14.4. The number of halogens is 1. The van der Waals surface area contributed by atoms with E-state index in [2.05, 4.69) is 22.0 Å². The molecule has 3 aromatic carbocycles. The molecule has 5 nitrogen and oxygen atoms in total. The lowest BCUT2D eigenvalue weighted by atomic mass is 10.00. The van der Waals surface area contributed by atoms with E-state index in [-0.39, 0.29) is 17.3 Å². The van der Waals surface area contributed by atoms with Crippen LogP contribution in [0.1, 0.15) is 11.1 Å². The number of nitrogens with zero attached hydrogens (tertiary/aromatic N) is 2. The van der Waals surface area contributed by atoms with Crippen molar-refractivity contribution in [2.75, 3.05) is 17.4 Å². The minimum Gasteiger partial charge on any atom is -0.336 e. The van der Waals surface area contributed by atoms with E-state index >= 15 is 0 Å². The molecular weight excluding hydrogens is 464 g/mol. The van der Waals surface area contributed by atoms with Crippen molar-refractivity contribution in [3.05, 3.63) is 82.3 Å². The first kappa shape index (κ1) is 19.3. The smallest absolute Gasteiger partial charge is 0.265 e. The summed E-state index contributed by atoms with van der Waals surface area (Å²) < 4.78 is 28.9. The van der Waals surface area contributed by atoms with Crippen LogP contribution in [0.2, 0.25) is 0 Å². The van der Waals surface area contributed by atoms with Gasteiger partial charge in [0.2, 0.25) is 5.91 Å². The van der Waals surface area contributed by atoms with Crippen molar-refractivity contribution in [2.24, 2.45) is 0 Å². The predicted molar refractivity (Wildman–Crippen MR) is 120 cm³/mol. The molecule has 0 saturated carbocycles. The highest BCUT2D eigenvalue weighted by atomic mass is 79.9. The van der Waals surface area contributed by atoms with Crippen LogP contribution in [-0.2, 0) is 27.8 Å². The van der Waals surface area contributed by atoms with Crippen LogP contribution in [0.5, 0.6) is 0 Å². The van der Waals surface area contributed by atoms with Gasteiger partial charge in [-0.05, 0) is 41.8 Å². The fourth-order valence-corrected chi connectivity index (χ4v) is 6.21. The first-order valence-electron chi connectivity index (χ1n) is 9.71. The Morgan fingerprint density at radius 2 is 1.67 bits per heavy atom. The van der Waals surface area contributed by atoms with Gasteiger partial charge in [-0.25, -0.2) is 8.42 Å². The Hall–Kier alpha value is -2.64. The Labute approximate surface area is 184 Å². The van der Waals surface area contributed by atoms with E-state index in [1.807, 2.05) is 30.3 Å². The van der Waals surface area contributed by atoms with E-state index in [1.165, 1.54) is 9.87 Å². The minimum atomic E-state index is -3.83. The van der Waals surface area contributed by atoms with Crippen molar-refractivity contribution in [3.8, 4) is 11.1 Å². The van der Waals surface area contributed by atoms with Gasteiger partial charge in [-0.1, -0.05) is 58.4 Å². The van der Waals surface area contributed by atoms with E-state index in [1.54, 1.807) is 35.2 Å². The van der Waals surface area contributed by atoms with Crippen LogP contribution in [0.25, 0.3) is 11.1 Å². The highest BCUT2D eigenvalue weighted by Crippen LogP contribution is 2.44. The van der Waals surface area contributed by atoms with Gasteiger partial charge in [0.15, 0.2) is 0 Å². The van der Waals surface area contributed by atoms with Gasteiger partial charge in [0.25, 0.3) is 10.0 Å². The van der Waals surface area contributed by atoms with Crippen molar-refractivity contribution in [3.63, 3.8) is 0 Å². The van der Waals surface area contributed by atoms with E-state index in [0.29, 0.717) is 24.3 Å². The second-order valence-electron chi connectivity index (χ2n) is 7.50. The molecule has 0 fully saturated rings. The summed E-state index contributed by atoms with van der Waals surface area (Å²) in [5, 5.41) is 0. The molecule has 0 atom stereocenters. The summed E-state index contributed by atoms with van der Waals surface area (Å²) in [6.45, 7) is 0.883. The molecular formula is C23H19BrN2O3S. The summed E-state index contributed by atoms with van der Waals surface area (Å²) in [6, 6.07) is 20.5. The molecule has 0 aliphatic carbocycles. The largest absolute Gasteiger partial charge is 0.336 e. The van der Waals surface area contributed by atoms with Crippen molar-refractivity contribution in [1.29, 1.82) is 0 Å². The van der Waals surface area contributed by atoms with E-state index in [9.17, 15) is 13.2 Å². The van der Waals surface area contributed by atoms with Gasteiger partial charge in [-0.3, -0.25) is 9.10 Å². The molecule has 5 rings (SSSR count). The van der Waals surface area contributed by atoms with Gasteiger partial charge >= 0.3 is 0 Å². The van der Waals surface area contributed by atoms with Crippen LogP contribution < -0.4 is 4.31 Å². The maximum Gasteiger partial charge on any atom is 0.265 e. The van der Waals surface area contributed by atoms with Crippen LogP contribution in [0.15, 0.2) is 76.1 Å². The van der Waals surface area contributed by atoms with Crippen LogP contribution in [-0.4, -0.2) is 32.3 Å². The molecule has 2 aliphatic heterocycles. The molecule has 1 amide bonds. The zero-order valence-corrected chi connectivity index (χ0v) is 18.5. The molecule has 0 unspecified atom stereocenters. The predicted octanol–water partition coefficient (Wildman–Crippen LogP) is 4.21. The molecule has 0 aromatic heterocycles. The number of hydrogen-bond donors (Lipinski definition) is 0. The van der Waals surface area contributed by atoms with E-state index in [4.69, 9.17) is 0 Å². The summed E-state index contributed by atoms with van der Waals surface area (Å²) in [5.41, 5.74) is 4.35. The first-order valence-corrected chi connectivity index (χ1v) is 11.9. The van der Waals surface area contributed by atoms with Crippen LogP contribution in [0.4, 0.5) is 5.69 Å². The minimum absolute atomic E-state index is 0.193. The Morgan fingerprint density at radius 1 is 0.933 bits per heavy atom. The summed E-state index contributed by atoms with van der Waals surface area (Å²) in [7, 11) is -3.83. The fourth-order valence-electron chi connectivity index (χ4n) is 4.21. The average Bonchev–Trinajstić information content (AvgIpc) is 2.76. The summed E-state index contributed by atoms with van der Waals surface area (Å²) in [5.74, 6) is -0.193. The Balaban J connectivity index is 1.51. The number of carbonyl (C=O) groups excluding carboxylic acids is 1. The van der Waals surface area contributed by atoms with Gasteiger partial charge < -0.3 is 4.90 Å². The number of benzene rings is 3. The standard InChI is InChI=1S/C23H19BrN2O3S/c24-18-9-10-21-20(13-18)19-7-3-4-8-22(19)30(28,29)26(21)15-23(27)25-12-11-16-5-1-2-6-17(16)14-25/h1-10,13H,11-12,14-15H2. The normalized spacial score (nSPS) is 16.4. The molecule has 152 valence electrons. The Kier molecular flexibility index (Phi) is 4.67. The third kappa shape index (κ3) is 3.13. The number of hydrogen-bond acceptors (Lipinski definition) is 3. The maximum atomic E-state index is 13.4. The molecule has 0 bridgehead atoms. The average molecular weight is 483 g/mol. The monoisotopic (exact) mass is 482 g/mol. The molecule has 0 N–H and O–H groups in total. The van der Waals surface area contributed by atoms with Gasteiger partial charge in [-0.2, -0.15) is 0 Å². The quantitative estimate of drug-likeness (QED) is 0.549. The molecule has 0 saturated heterocycles. The molecule has 3 aromatic rings. The number of amides is 1. The van der Waals surface area contributed by atoms with E-state index < -0.39 is 10.0 Å². The van der Waals surface area contributed by atoms with Gasteiger partial charge in [-0.15, -0.1) is 0 Å². The molecule has 0 radical (unpaired) electrons. The lowest BCUT2D eigenvalue weighted by molar-refractivity contribution is -0.130. The second kappa shape index (κ2) is 7.25. The summed E-state index contributed by atoms with van der Waals surface area (Å²) in [6.07, 6.45) is 0.779. The van der Waals surface area contributed by atoms with Crippen molar-refractivity contribution >= 4 is 37.5 Å². The van der Waals surface area contributed by atoms with Crippen molar-refractivity contribution in [2.45, 2.75) is 17.9 Å². The van der Waals surface area contributed by atoms with Crippen LogP contribution in [0.3, 0.4) is 0 Å². The van der Waals surface area contributed by atoms with Crippen molar-refractivity contribution in [1.82, 2.24) is 4.90 Å². The number of sulfonamides is 1. The maximum absolute atomic E-state index is 13.4. The number of fused-ring (bicyclic) bond motifs is 4. The Bertz CT molecular complexity index is 1270.